The summed E-state index contributed by atoms with van der Waals surface area (Å²) >= 11 is 2.24. The van der Waals surface area contributed by atoms with Gasteiger partial charge in [-0.05, 0) is 35.3 Å². The molecule has 0 amide bonds. The van der Waals surface area contributed by atoms with E-state index in [1.54, 1.807) is 9.12 Å². The average Bonchev–Trinajstić information content (AvgIpc) is 2.13. The summed E-state index contributed by atoms with van der Waals surface area (Å²) in [4.78, 5) is 0. The van der Waals surface area contributed by atoms with Gasteiger partial charge in [0.2, 0.25) is 0 Å². The van der Waals surface area contributed by atoms with Crippen LogP contribution in [0.4, 0.5) is 0 Å². The Bertz CT molecular complexity index is 118. The van der Waals surface area contributed by atoms with E-state index in [2.05, 4.69) is 32.9 Å². The molecule has 3 N–H and O–H groups in total. The van der Waals surface area contributed by atoms with Crippen LogP contribution >= 0.6 is 30.3 Å². The standard InChI is InChI=1S/C6H13IN2S/c1-6(8)4-2-3-5(6)9-10-7/h5,9H,2-4,8H2,1H3. The number of nitrogens with two attached hydrogens (primary N) is 1. The van der Waals surface area contributed by atoms with Crippen molar-refractivity contribution < 1.29 is 0 Å². The van der Waals surface area contributed by atoms with E-state index in [1.807, 2.05) is 0 Å². The third kappa shape index (κ3) is 1.99. The second kappa shape index (κ2) is 3.60. The molecule has 1 saturated carbocycles. The van der Waals surface area contributed by atoms with E-state index in [1.165, 1.54) is 12.8 Å². The highest BCUT2D eigenvalue weighted by atomic mass is 127. The van der Waals surface area contributed by atoms with Gasteiger partial charge in [0.05, 0.1) is 0 Å². The summed E-state index contributed by atoms with van der Waals surface area (Å²) in [6.07, 6.45) is 3.65. The lowest BCUT2D eigenvalue weighted by atomic mass is 9.98. The largest absolute Gasteiger partial charge is 0.324 e. The van der Waals surface area contributed by atoms with Crippen molar-refractivity contribution in [1.82, 2.24) is 4.72 Å². The zero-order valence-corrected chi connectivity index (χ0v) is 9.04. The SMILES string of the molecule is CC1(N)CCCC1NSI. The van der Waals surface area contributed by atoms with Gasteiger partial charge in [-0.2, -0.15) is 0 Å². The monoisotopic (exact) mass is 272 g/mol. The van der Waals surface area contributed by atoms with Crippen LogP contribution in [-0.2, 0) is 0 Å². The maximum atomic E-state index is 6.03. The second-order valence-electron chi connectivity index (χ2n) is 3.15. The Hall–Kier alpha value is 1.00. The number of rotatable bonds is 2. The first kappa shape index (κ1) is 9.09. The van der Waals surface area contributed by atoms with Crippen LogP contribution in [0, 0.1) is 0 Å². The van der Waals surface area contributed by atoms with Crippen LogP contribution in [0.3, 0.4) is 0 Å². The highest BCUT2D eigenvalue weighted by Crippen LogP contribution is 2.29. The fourth-order valence-corrected chi connectivity index (χ4v) is 2.85. The summed E-state index contributed by atoms with van der Waals surface area (Å²) in [6, 6.07) is 0.509. The molecule has 1 fully saturated rings. The Balaban J connectivity index is 2.43. The molecule has 0 spiro atoms. The van der Waals surface area contributed by atoms with Gasteiger partial charge >= 0.3 is 0 Å². The van der Waals surface area contributed by atoms with E-state index in [0.29, 0.717) is 6.04 Å². The van der Waals surface area contributed by atoms with Crippen molar-refractivity contribution in [3.63, 3.8) is 0 Å². The van der Waals surface area contributed by atoms with Gasteiger partial charge in [-0.25, -0.2) is 0 Å². The highest BCUT2D eigenvalue weighted by Gasteiger charge is 2.34. The van der Waals surface area contributed by atoms with Crippen molar-refractivity contribution in [2.24, 2.45) is 5.73 Å². The maximum Gasteiger partial charge on any atom is 0.0356 e. The van der Waals surface area contributed by atoms with Crippen molar-refractivity contribution >= 4 is 30.3 Å². The quantitative estimate of drug-likeness (QED) is 0.595. The lowest BCUT2D eigenvalue weighted by Gasteiger charge is -2.26. The zero-order chi connectivity index (χ0) is 7.61. The fraction of sp³-hybridized carbons (Fsp3) is 1.00. The molecule has 60 valence electrons. The van der Waals surface area contributed by atoms with Crippen LogP contribution in [-0.4, -0.2) is 11.6 Å². The summed E-state index contributed by atoms with van der Waals surface area (Å²) in [5, 5.41) is 0. The number of hydrogen-bond donors (Lipinski definition) is 2. The van der Waals surface area contributed by atoms with Crippen LogP contribution < -0.4 is 10.5 Å². The fourth-order valence-electron chi connectivity index (χ4n) is 1.44. The van der Waals surface area contributed by atoms with Crippen molar-refractivity contribution in [3.05, 3.63) is 0 Å². The average molecular weight is 272 g/mol. The van der Waals surface area contributed by atoms with Crippen molar-refractivity contribution in [1.29, 1.82) is 0 Å². The summed E-state index contributed by atoms with van der Waals surface area (Å²) < 4.78 is 3.31. The molecule has 1 aliphatic rings. The molecule has 1 rings (SSSR count). The first-order valence-electron chi connectivity index (χ1n) is 3.49. The van der Waals surface area contributed by atoms with Crippen LogP contribution in [0.2, 0.25) is 0 Å². The lowest BCUT2D eigenvalue weighted by Crippen LogP contribution is -2.48. The third-order valence-electron chi connectivity index (χ3n) is 2.19. The summed E-state index contributed by atoms with van der Waals surface area (Å²) in [5.74, 6) is 0. The second-order valence-corrected chi connectivity index (χ2v) is 4.86. The Morgan fingerprint density at radius 3 is 2.90 bits per heavy atom. The molecule has 4 heteroatoms. The van der Waals surface area contributed by atoms with E-state index >= 15 is 0 Å². The predicted molar refractivity (Wildman–Crippen MR) is 55.0 cm³/mol. The molecular formula is C6H13IN2S. The smallest absolute Gasteiger partial charge is 0.0356 e. The molecule has 0 aromatic rings. The van der Waals surface area contributed by atoms with Gasteiger partial charge < -0.3 is 5.73 Å². The molecule has 0 aromatic carbocycles. The Morgan fingerprint density at radius 2 is 2.50 bits per heavy atom. The Labute approximate surface area is 78.4 Å². The van der Waals surface area contributed by atoms with E-state index in [4.69, 9.17) is 5.73 Å². The summed E-state index contributed by atoms with van der Waals surface area (Å²) in [5.41, 5.74) is 6.05. The molecule has 0 radical (unpaired) electrons. The molecule has 10 heavy (non-hydrogen) atoms. The molecule has 2 atom stereocenters. The maximum absolute atomic E-state index is 6.03. The first-order valence-corrected chi connectivity index (χ1v) is 6.85. The minimum Gasteiger partial charge on any atom is -0.324 e. The van der Waals surface area contributed by atoms with E-state index in [9.17, 15) is 0 Å². The van der Waals surface area contributed by atoms with Gasteiger partial charge in [-0.1, -0.05) is 0 Å². The lowest BCUT2D eigenvalue weighted by molar-refractivity contribution is 0.412. The van der Waals surface area contributed by atoms with Crippen LogP contribution in [0.1, 0.15) is 26.2 Å². The van der Waals surface area contributed by atoms with Crippen LogP contribution in [0.5, 0.6) is 0 Å². The molecule has 1 aliphatic carbocycles. The van der Waals surface area contributed by atoms with E-state index in [-0.39, 0.29) is 5.54 Å². The molecule has 2 nitrogen and oxygen atoms in total. The van der Waals surface area contributed by atoms with Crippen molar-refractivity contribution in [3.8, 4) is 0 Å². The number of halogens is 1. The molecule has 0 aromatic heterocycles. The van der Waals surface area contributed by atoms with Gasteiger partial charge in [0, 0.05) is 32.8 Å². The van der Waals surface area contributed by atoms with Gasteiger partial charge in [0.25, 0.3) is 0 Å². The normalized spacial score (nSPS) is 40.5. The Kier molecular flexibility index (Phi) is 3.27. The van der Waals surface area contributed by atoms with Gasteiger partial charge in [-0.15, -0.1) is 0 Å². The molecule has 0 heterocycles. The van der Waals surface area contributed by atoms with Crippen LogP contribution in [0.15, 0.2) is 0 Å². The minimum absolute atomic E-state index is 0.0260. The van der Waals surface area contributed by atoms with Gasteiger partial charge in [0.1, 0.15) is 0 Å². The minimum atomic E-state index is 0.0260. The van der Waals surface area contributed by atoms with Crippen molar-refractivity contribution in [2.45, 2.75) is 37.8 Å². The highest BCUT2D eigenvalue weighted by molar-refractivity contribution is 14.2. The zero-order valence-electron chi connectivity index (χ0n) is 6.06. The summed E-state index contributed by atoms with van der Waals surface area (Å²) in [7, 11) is 1.64. The molecule has 2 unspecified atom stereocenters. The predicted octanol–water partition coefficient (Wildman–Crippen LogP) is 1.84. The van der Waals surface area contributed by atoms with Gasteiger partial charge in [-0.3, -0.25) is 4.72 Å². The number of hydrogen-bond acceptors (Lipinski definition) is 3. The molecule has 0 saturated heterocycles. The molecule has 0 aliphatic heterocycles. The van der Waals surface area contributed by atoms with Gasteiger partial charge in [0.15, 0.2) is 0 Å². The topological polar surface area (TPSA) is 38.0 Å². The molecule has 0 bridgehead atoms. The Morgan fingerprint density at radius 1 is 1.80 bits per heavy atom. The third-order valence-corrected chi connectivity index (χ3v) is 3.33. The summed E-state index contributed by atoms with van der Waals surface area (Å²) in [6.45, 7) is 2.13. The molecular weight excluding hydrogens is 259 g/mol. The van der Waals surface area contributed by atoms with Crippen LogP contribution in [0.25, 0.3) is 0 Å². The number of nitrogens with one attached hydrogen (secondary N) is 1. The van der Waals surface area contributed by atoms with E-state index < -0.39 is 0 Å². The van der Waals surface area contributed by atoms with E-state index in [0.717, 1.165) is 6.42 Å². The first-order chi connectivity index (χ1) is 4.67. The van der Waals surface area contributed by atoms with Crippen molar-refractivity contribution in [2.75, 3.05) is 0 Å².